The third-order valence-electron chi connectivity index (χ3n) is 6.03. The van der Waals surface area contributed by atoms with Gasteiger partial charge >= 0.3 is 5.97 Å². The summed E-state index contributed by atoms with van der Waals surface area (Å²) in [5.74, 6) is 0.0427. The van der Waals surface area contributed by atoms with Gasteiger partial charge < -0.3 is 19.4 Å². The van der Waals surface area contributed by atoms with Crippen molar-refractivity contribution in [1.82, 2.24) is 9.88 Å². The first-order valence-corrected chi connectivity index (χ1v) is 10.8. The maximum Gasteiger partial charge on any atom is 0.338 e. The molecular formula is C24H25N3O6. The number of likely N-dealkylation sites (tertiary alicyclic amines) is 1. The summed E-state index contributed by atoms with van der Waals surface area (Å²) in [4.78, 5) is 40.9. The minimum Gasteiger partial charge on any atom is -0.497 e. The highest BCUT2D eigenvalue weighted by Gasteiger charge is 2.28. The zero-order valence-corrected chi connectivity index (χ0v) is 18.5. The van der Waals surface area contributed by atoms with Crippen LogP contribution in [0.15, 0.2) is 42.6 Å². The van der Waals surface area contributed by atoms with Crippen molar-refractivity contribution in [2.45, 2.75) is 25.7 Å². The Labute approximate surface area is 190 Å². The second-order valence-electron chi connectivity index (χ2n) is 7.97. The number of benzene rings is 2. The standard InChI is InChI=1S/C24H25N3O6/c1-3-33-24(29)17-10-16(11-18(12-17)27(30)31)23(28)26-8-6-15(7-9-26)21-14-25-22-5-4-19(32-2)13-20(21)22/h4-5,10-15,25H,3,6-9H2,1-2H3. The number of hydrogen-bond donors (Lipinski definition) is 1. The molecule has 9 nitrogen and oxygen atoms in total. The van der Waals surface area contributed by atoms with Gasteiger partial charge in [0.1, 0.15) is 5.75 Å². The van der Waals surface area contributed by atoms with E-state index in [1.165, 1.54) is 17.7 Å². The molecule has 1 aliphatic heterocycles. The van der Waals surface area contributed by atoms with E-state index in [4.69, 9.17) is 9.47 Å². The number of nitro groups is 1. The van der Waals surface area contributed by atoms with Crippen LogP contribution in [0.25, 0.3) is 10.9 Å². The number of methoxy groups -OCH3 is 1. The number of piperidine rings is 1. The fourth-order valence-corrected chi connectivity index (χ4v) is 4.33. The van der Waals surface area contributed by atoms with Crippen LogP contribution in [0.3, 0.4) is 0 Å². The van der Waals surface area contributed by atoms with Crippen LogP contribution < -0.4 is 4.74 Å². The van der Waals surface area contributed by atoms with E-state index in [0.717, 1.165) is 35.6 Å². The SMILES string of the molecule is CCOC(=O)c1cc(C(=O)N2CCC(c3c[nH]c4ccc(OC)cc34)CC2)cc([N+](=O)[O-])c1. The van der Waals surface area contributed by atoms with Crippen molar-refractivity contribution in [2.75, 3.05) is 26.8 Å². The van der Waals surface area contributed by atoms with Crippen LogP contribution in [0.1, 0.15) is 52.0 Å². The quantitative estimate of drug-likeness (QED) is 0.340. The Hall–Kier alpha value is -3.88. The zero-order chi connectivity index (χ0) is 23.5. The van der Waals surface area contributed by atoms with Crippen molar-refractivity contribution >= 4 is 28.5 Å². The van der Waals surface area contributed by atoms with Gasteiger partial charge in [0.2, 0.25) is 0 Å². The third kappa shape index (κ3) is 4.52. The molecule has 0 atom stereocenters. The van der Waals surface area contributed by atoms with Gasteiger partial charge in [0.05, 0.1) is 24.2 Å². The molecular weight excluding hydrogens is 426 g/mol. The maximum atomic E-state index is 13.1. The Morgan fingerprint density at radius 2 is 1.88 bits per heavy atom. The topological polar surface area (TPSA) is 115 Å². The first-order valence-electron chi connectivity index (χ1n) is 10.8. The number of nitrogens with one attached hydrogen (secondary N) is 1. The Morgan fingerprint density at radius 1 is 1.15 bits per heavy atom. The van der Waals surface area contributed by atoms with Gasteiger partial charge in [-0.3, -0.25) is 14.9 Å². The zero-order valence-electron chi connectivity index (χ0n) is 18.5. The number of nitrogens with zero attached hydrogens (tertiary/aromatic N) is 2. The van der Waals surface area contributed by atoms with E-state index in [1.807, 2.05) is 24.4 Å². The molecule has 172 valence electrons. The molecule has 1 fully saturated rings. The molecule has 9 heteroatoms. The number of aromatic nitrogens is 1. The van der Waals surface area contributed by atoms with Crippen molar-refractivity contribution in [3.05, 3.63) is 69.4 Å². The summed E-state index contributed by atoms with van der Waals surface area (Å²) in [6.45, 7) is 2.81. The lowest BCUT2D eigenvalue weighted by molar-refractivity contribution is -0.384. The van der Waals surface area contributed by atoms with Crippen molar-refractivity contribution in [1.29, 1.82) is 0 Å². The lowest BCUT2D eigenvalue weighted by Gasteiger charge is -2.32. The minimum atomic E-state index is -0.691. The van der Waals surface area contributed by atoms with Crippen molar-refractivity contribution < 1.29 is 24.0 Å². The van der Waals surface area contributed by atoms with Crippen LogP contribution in [-0.2, 0) is 4.74 Å². The summed E-state index contributed by atoms with van der Waals surface area (Å²) < 4.78 is 10.3. The predicted molar refractivity (Wildman–Crippen MR) is 122 cm³/mol. The number of amides is 1. The van der Waals surface area contributed by atoms with Gasteiger partial charge in [-0.25, -0.2) is 4.79 Å². The van der Waals surface area contributed by atoms with E-state index in [1.54, 1.807) is 18.9 Å². The van der Waals surface area contributed by atoms with E-state index >= 15 is 0 Å². The Morgan fingerprint density at radius 3 is 2.55 bits per heavy atom. The molecule has 0 saturated carbocycles. The number of fused-ring (bicyclic) bond motifs is 1. The average molecular weight is 451 g/mol. The molecule has 1 amide bonds. The van der Waals surface area contributed by atoms with Crippen LogP contribution in [0.2, 0.25) is 0 Å². The van der Waals surface area contributed by atoms with Crippen LogP contribution in [-0.4, -0.2) is 53.5 Å². The first kappa shape index (κ1) is 22.3. The number of hydrogen-bond acceptors (Lipinski definition) is 6. The Kier molecular flexibility index (Phi) is 6.30. The van der Waals surface area contributed by atoms with E-state index in [2.05, 4.69) is 4.98 Å². The summed E-state index contributed by atoms with van der Waals surface area (Å²) in [6.07, 6.45) is 3.53. The number of ether oxygens (including phenoxy) is 2. The van der Waals surface area contributed by atoms with Gasteiger partial charge in [-0.05, 0) is 55.5 Å². The monoisotopic (exact) mass is 451 g/mol. The average Bonchev–Trinajstić information content (AvgIpc) is 3.26. The molecule has 0 aliphatic carbocycles. The largest absolute Gasteiger partial charge is 0.497 e. The number of H-pyrrole nitrogens is 1. The highest BCUT2D eigenvalue weighted by molar-refractivity contribution is 5.99. The predicted octanol–water partition coefficient (Wildman–Crippen LogP) is 4.28. The molecule has 1 saturated heterocycles. The van der Waals surface area contributed by atoms with Crippen molar-refractivity contribution in [3.8, 4) is 5.75 Å². The molecule has 2 aromatic carbocycles. The lowest BCUT2D eigenvalue weighted by atomic mass is 9.89. The number of nitro benzene ring substituents is 1. The summed E-state index contributed by atoms with van der Waals surface area (Å²) >= 11 is 0. The number of carbonyl (C=O) groups is 2. The molecule has 1 aromatic heterocycles. The summed E-state index contributed by atoms with van der Waals surface area (Å²) in [7, 11) is 1.64. The van der Waals surface area contributed by atoms with Gasteiger partial charge in [-0.2, -0.15) is 0 Å². The van der Waals surface area contributed by atoms with E-state index in [0.29, 0.717) is 13.1 Å². The summed E-state index contributed by atoms with van der Waals surface area (Å²) in [5, 5.41) is 12.4. The molecule has 2 heterocycles. The van der Waals surface area contributed by atoms with Gasteiger partial charge in [0.15, 0.2) is 0 Å². The fraction of sp³-hybridized carbons (Fsp3) is 0.333. The Bertz CT molecular complexity index is 1210. The molecule has 0 spiro atoms. The highest BCUT2D eigenvalue weighted by atomic mass is 16.6. The molecule has 0 bridgehead atoms. The van der Waals surface area contributed by atoms with E-state index in [-0.39, 0.29) is 35.2 Å². The number of aromatic amines is 1. The molecule has 0 unspecified atom stereocenters. The normalized spacial score (nSPS) is 14.3. The Balaban J connectivity index is 1.52. The first-order chi connectivity index (χ1) is 15.9. The van der Waals surface area contributed by atoms with E-state index in [9.17, 15) is 19.7 Å². The van der Waals surface area contributed by atoms with Crippen molar-refractivity contribution in [2.24, 2.45) is 0 Å². The molecule has 1 aliphatic rings. The highest BCUT2D eigenvalue weighted by Crippen LogP contribution is 2.35. The number of carbonyl (C=O) groups excluding carboxylic acids is 2. The van der Waals surface area contributed by atoms with Gasteiger partial charge in [-0.15, -0.1) is 0 Å². The van der Waals surface area contributed by atoms with Crippen LogP contribution >= 0.6 is 0 Å². The summed E-state index contributed by atoms with van der Waals surface area (Å²) in [5.41, 5.74) is 2.02. The van der Waals surface area contributed by atoms with Gasteiger partial charge in [-0.1, -0.05) is 0 Å². The second-order valence-corrected chi connectivity index (χ2v) is 7.97. The van der Waals surface area contributed by atoms with Gasteiger partial charge in [0, 0.05) is 47.9 Å². The van der Waals surface area contributed by atoms with Crippen LogP contribution in [0, 0.1) is 10.1 Å². The number of rotatable bonds is 6. The fourth-order valence-electron chi connectivity index (χ4n) is 4.33. The third-order valence-corrected chi connectivity index (χ3v) is 6.03. The lowest BCUT2D eigenvalue weighted by Crippen LogP contribution is -2.38. The molecule has 0 radical (unpaired) electrons. The van der Waals surface area contributed by atoms with Gasteiger partial charge in [0.25, 0.3) is 11.6 Å². The van der Waals surface area contributed by atoms with Crippen LogP contribution in [0.5, 0.6) is 5.75 Å². The second kappa shape index (κ2) is 9.32. The smallest absolute Gasteiger partial charge is 0.338 e. The molecule has 4 rings (SSSR count). The number of non-ortho nitro benzene ring substituents is 1. The molecule has 1 N–H and O–H groups in total. The minimum absolute atomic E-state index is 0.00275. The van der Waals surface area contributed by atoms with E-state index < -0.39 is 10.9 Å². The maximum absolute atomic E-state index is 13.1. The van der Waals surface area contributed by atoms with Crippen LogP contribution in [0.4, 0.5) is 5.69 Å². The number of esters is 1. The molecule has 33 heavy (non-hydrogen) atoms. The molecule has 3 aromatic rings. The van der Waals surface area contributed by atoms with Crippen molar-refractivity contribution in [3.63, 3.8) is 0 Å². The summed E-state index contributed by atoms with van der Waals surface area (Å²) in [6, 6.07) is 9.62.